The van der Waals surface area contributed by atoms with Crippen LogP contribution in [0.25, 0.3) is 0 Å². The number of hydrogen-bond donors (Lipinski definition) is 1. The van der Waals surface area contributed by atoms with E-state index in [0.717, 1.165) is 18.7 Å². The van der Waals surface area contributed by atoms with E-state index in [-0.39, 0.29) is 11.2 Å². The highest BCUT2D eigenvalue weighted by molar-refractivity contribution is 5.02. The van der Waals surface area contributed by atoms with Crippen molar-refractivity contribution in [1.29, 1.82) is 0 Å². The van der Waals surface area contributed by atoms with Gasteiger partial charge in [0, 0.05) is 18.8 Å². The second-order valence-electron chi connectivity index (χ2n) is 5.80. The molecule has 0 aliphatic carbocycles. The van der Waals surface area contributed by atoms with E-state index in [1.54, 1.807) is 12.5 Å². The molecule has 0 spiro atoms. The quantitative estimate of drug-likeness (QED) is 0.869. The van der Waals surface area contributed by atoms with Gasteiger partial charge in [0.05, 0.1) is 16.9 Å². The van der Waals surface area contributed by atoms with Gasteiger partial charge >= 0.3 is 0 Å². The van der Waals surface area contributed by atoms with Crippen molar-refractivity contribution in [2.24, 2.45) is 0 Å². The minimum absolute atomic E-state index is 0.0488. The highest BCUT2D eigenvalue weighted by Crippen LogP contribution is 2.37. The molecule has 1 aliphatic heterocycles. The van der Waals surface area contributed by atoms with Crippen molar-refractivity contribution >= 4 is 0 Å². The summed E-state index contributed by atoms with van der Waals surface area (Å²) in [6.45, 7) is 9.32. The fourth-order valence-corrected chi connectivity index (χ4v) is 2.53. The van der Waals surface area contributed by atoms with E-state index in [9.17, 15) is 0 Å². The molecule has 1 aromatic rings. The highest BCUT2D eigenvalue weighted by atomic mass is 16.5. The first kappa shape index (κ1) is 12.5. The number of ether oxygens (including phenoxy) is 1. The van der Waals surface area contributed by atoms with Gasteiger partial charge in [-0.1, -0.05) is 0 Å². The Kier molecular flexibility index (Phi) is 3.19. The van der Waals surface area contributed by atoms with Gasteiger partial charge in [-0.15, -0.1) is 0 Å². The molecular formula is C13H21N3O. The Bertz CT molecular complexity index is 376. The van der Waals surface area contributed by atoms with Crippen LogP contribution in [0.15, 0.2) is 18.6 Å². The summed E-state index contributed by atoms with van der Waals surface area (Å²) in [6, 6.07) is 2.29. The maximum absolute atomic E-state index is 6.04. The normalized spacial score (nSPS) is 26.0. The summed E-state index contributed by atoms with van der Waals surface area (Å²) in [5.74, 6) is 0. The minimum atomic E-state index is -0.128. The smallest absolute Gasteiger partial charge is 0.115 e. The Morgan fingerprint density at radius 1 is 1.41 bits per heavy atom. The van der Waals surface area contributed by atoms with E-state index in [1.807, 2.05) is 6.07 Å². The van der Waals surface area contributed by atoms with E-state index in [1.165, 1.54) is 0 Å². The molecule has 1 N–H and O–H groups in total. The van der Waals surface area contributed by atoms with Crippen molar-refractivity contribution in [1.82, 2.24) is 15.3 Å². The van der Waals surface area contributed by atoms with Crippen molar-refractivity contribution in [3.8, 4) is 0 Å². The molecule has 0 radical (unpaired) electrons. The summed E-state index contributed by atoms with van der Waals surface area (Å²) in [7, 11) is 0. The first-order chi connectivity index (χ1) is 7.89. The first-order valence-electron chi connectivity index (χ1n) is 6.07. The van der Waals surface area contributed by atoms with Crippen LogP contribution >= 0.6 is 0 Å². The van der Waals surface area contributed by atoms with Crippen LogP contribution in [0.2, 0.25) is 0 Å². The Morgan fingerprint density at radius 2 is 2.18 bits per heavy atom. The highest BCUT2D eigenvalue weighted by Gasteiger charge is 2.45. The zero-order chi connectivity index (χ0) is 12.5. The summed E-state index contributed by atoms with van der Waals surface area (Å²) >= 11 is 0. The topological polar surface area (TPSA) is 47.0 Å². The molecular weight excluding hydrogens is 214 g/mol. The lowest BCUT2D eigenvalue weighted by atomic mass is 9.94. The molecule has 1 unspecified atom stereocenters. The summed E-state index contributed by atoms with van der Waals surface area (Å²) in [4.78, 5) is 8.12. The molecule has 1 fully saturated rings. The SMILES string of the molecule is CC1(C)CC(NCc2ccncn2)C(C)(C)O1. The molecule has 2 heterocycles. The van der Waals surface area contributed by atoms with E-state index in [0.29, 0.717) is 6.04 Å². The molecule has 4 heteroatoms. The van der Waals surface area contributed by atoms with Gasteiger partial charge < -0.3 is 10.1 Å². The van der Waals surface area contributed by atoms with Gasteiger partial charge in [-0.2, -0.15) is 0 Å². The monoisotopic (exact) mass is 235 g/mol. The molecule has 0 amide bonds. The maximum Gasteiger partial charge on any atom is 0.115 e. The Labute approximate surface area is 103 Å². The minimum Gasteiger partial charge on any atom is -0.368 e. The molecule has 1 atom stereocenters. The lowest BCUT2D eigenvalue weighted by molar-refractivity contribution is -0.0699. The van der Waals surface area contributed by atoms with Crippen molar-refractivity contribution in [3.05, 3.63) is 24.3 Å². The zero-order valence-corrected chi connectivity index (χ0v) is 11.0. The van der Waals surface area contributed by atoms with Crippen LogP contribution in [0, 0.1) is 0 Å². The van der Waals surface area contributed by atoms with E-state index in [2.05, 4.69) is 43.0 Å². The molecule has 1 aliphatic rings. The van der Waals surface area contributed by atoms with Gasteiger partial charge in [0.25, 0.3) is 0 Å². The third kappa shape index (κ3) is 3.01. The second-order valence-corrected chi connectivity index (χ2v) is 5.80. The van der Waals surface area contributed by atoms with Gasteiger partial charge in [-0.05, 0) is 40.2 Å². The average Bonchev–Trinajstić information content (AvgIpc) is 2.45. The maximum atomic E-state index is 6.04. The molecule has 0 aromatic carbocycles. The number of nitrogens with zero attached hydrogens (tertiary/aromatic N) is 2. The summed E-state index contributed by atoms with van der Waals surface area (Å²) in [5, 5.41) is 3.53. The van der Waals surface area contributed by atoms with E-state index >= 15 is 0 Å². The molecule has 17 heavy (non-hydrogen) atoms. The molecule has 0 saturated carbocycles. The van der Waals surface area contributed by atoms with Crippen molar-refractivity contribution in [2.45, 2.75) is 57.9 Å². The van der Waals surface area contributed by atoms with Crippen molar-refractivity contribution < 1.29 is 4.74 Å². The fraction of sp³-hybridized carbons (Fsp3) is 0.692. The number of rotatable bonds is 3. The lowest BCUT2D eigenvalue weighted by Gasteiger charge is -2.27. The standard InChI is InChI=1S/C13H21N3O/c1-12(2)7-11(13(3,4)17-12)15-8-10-5-6-14-9-16-10/h5-6,9,11,15H,7-8H2,1-4H3. The Hall–Kier alpha value is -1.00. The average molecular weight is 235 g/mol. The van der Waals surface area contributed by atoms with Gasteiger partial charge in [0.1, 0.15) is 6.33 Å². The Morgan fingerprint density at radius 3 is 2.71 bits per heavy atom. The Balaban J connectivity index is 1.96. The molecule has 1 aromatic heterocycles. The van der Waals surface area contributed by atoms with Crippen LogP contribution in [0.1, 0.15) is 39.8 Å². The van der Waals surface area contributed by atoms with Crippen molar-refractivity contribution in [2.75, 3.05) is 0 Å². The molecule has 0 bridgehead atoms. The molecule has 94 valence electrons. The third-order valence-electron chi connectivity index (χ3n) is 3.25. The van der Waals surface area contributed by atoms with Crippen LogP contribution in [0.4, 0.5) is 0 Å². The third-order valence-corrected chi connectivity index (χ3v) is 3.25. The largest absolute Gasteiger partial charge is 0.368 e. The van der Waals surface area contributed by atoms with E-state index in [4.69, 9.17) is 4.74 Å². The van der Waals surface area contributed by atoms with Crippen molar-refractivity contribution in [3.63, 3.8) is 0 Å². The number of nitrogens with one attached hydrogen (secondary N) is 1. The summed E-state index contributed by atoms with van der Waals surface area (Å²) in [5.41, 5.74) is 0.837. The summed E-state index contributed by atoms with van der Waals surface area (Å²) < 4.78 is 6.04. The molecule has 4 nitrogen and oxygen atoms in total. The predicted molar refractivity (Wildman–Crippen MR) is 66.5 cm³/mol. The second kappa shape index (κ2) is 4.35. The van der Waals surface area contributed by atoms with Gasteiger partial charge in [0.15, 0.2) is 0 Å². The van der Waals surface area contributed by atoms with Crippen LogP contribution in [-0.4, -0.2) is 27.2 Å². The van der Waals surface area contributed by atoms with Gasteiger partial charge in [-0.3, -0.25) is 0 Å². The summed E-state index contributed by atoms with van der Waals surface area (Å²) in [6.07, 6.45) is 4.37. The molecule has 1 saturated heterocycles. The zero-order valence-electron chi connectivity index (χ0n) is 11.0. The van der Waals surface area contributed by atoms with Crippen LogP contribution in [0.3, 0.4) is 0 Å². The number of hydrogen-bond acceptors (Lipinski definition) is 4. The van der Waals surface area contributed by atoms with E-state index < -0.39 is 0 Å². The lowest BCUT2D eigenvalue weighted by Crippen LogP contribution is -2.43. The van der Waals surface area contributed by atoms with Gasteiger partial charge in [0.2, 0.25) is 0 Å². The van der Waals surface area contributed by atoms with Crippen LogP contribution in [-0.2, 0) is 11.3 Å². The molecule has 2 rings (SSSR count). The van der Waals surface area contributed by atoms with Crippen LogP contribution < -0.4 is 5.32 Å². The predicted octanol–water partition coefficient (Wildman–Crippen LogP) is 1.91. The van der Waals surface area contributed by atoms with Gasteiger partial charge in [-0.25, -0.2) is 9.97 Å². The van der Waals surface area contributed by atoms with Crippen LogP contribution in [0.5, 0.6) is 0 Å². The fourth-order valence-electron chi connectivity index (χ4n) is 2.53. The first-order valence-corrected chi connectivity index (χ1v) is 6.07. The number of aromatic nitrogens is 2.